The van der Waals surface area contributed by atoms with Crippen molar-refractivity contribution in [1.82, 2.24) is 4.90 Å². The topological polar surface area (TPSA) is 49.8 Å². The molecule has 1 aliphatic heterocycles. The first-order valence-electron chi connectivity index (χ1n) is 8.03. The van der Waals surface area contributed by atoms with E-state index in [1.165, 1.54) is 19.3 Å². The molecule has 1 N–H and O–H groups in total. The van der Waals surface area contributed by atoms with Crippen LogP contribution in [-0.2, 0) is 4.74 Å². The summed E-state index contributed by atoms with van der Waals surface area (Å²) >= 11 is 0. The van der Waals surface area contributed by atoms with Gasteiger partial charge in [0.15, 0.2) is 0 Å². The minimum absolute atomic E-state index is 0.227. The maximum absolute atomic E-state index is 12.0. The van der Waals surface area contributed by atoms with Crippen LogP contribution in [0.5, 0.6) is 0 Å². The minimum Gasteiger partial charge on any atom is -0.444 e. The fourth-order valence-electron chi connectivity index (χ4n) is 3.42. The summed E-state index contributed by atoms with van der Waals surface area (Å²) in [5.74, 6) is 0.665. The number of hydrogen-bond acceptors (Lipinski definition) is 3. The third-order valence-corrected chi connectivity index (χ3v) is 4.49. The van der Waals surface area contributed by atoms with Crippen LogP contribution in [0.1, 0.15) is 59.3 Å². The fraction of sp³-hybridized carbons (Fsp3) is 0.938. The molecule has 0 radical (unpaired) electrons. The van der Waals surface area contributed by atoms with Gasteiger partial charge in [-0.3, -0.25) is 0 Å². The highest BCUT2D eigenvalue weighted by Gasteiger charge is 2.36. The second-order valence-electron chi connectivity index (χ2n) is 7.36. The predicted molar refractivity (Wildman–Crippen MR) is 78.5 cm³/mol. The van der Waals surface area contributed by atoms with E-state index in [0.29, 0.717) is 19.0 Å². The molecule has 0 spiro atoms. The predicted octanol–water partition coefficient (Wildman–Crippen LogP) is 3.18. The van der Waals surface area contributed by atoms with Crippen molar-refractivity contribution in [2.24, 2.45) is 11.8 Å². The lowest BCUT2D eigenvalue weighted by molar-refractivity contribution is 0.0194. The monoisotopic (exact) mass is 283 g/mol. The summed E-state index contributed by atoms with van der Waals surface area (Å²) in [6, 6.07) is 0. The lowest BCUT2D eigenvalue weighted by Crippen LogP contribution is -2.37. The summed E-state index contributed by atoms with van der Waals surface area (Å²) in [6.45, 7) is 7.01. The summed E-state index contributed by atoms with van der Waals surface area (Å²) < 4.78 is 5.40. The molecule has 4 heteroatoms. The minimum atomic E-state index is -0.447. The Kier molecular flexibility index (Phi) is 4.95. The lowest BCUT2D eigenvalue weighted by Gasteiger charge is -2.30. The van der Waals surface area contributed by atoms with Crippen molar-refractivity contribution in [3.05, 3.63) is 0 Å². The van der Waals surface area contributed by atoms with E-state index in [-0.39, 0.29) is 18.1 Å². The molecule has 1 amide bonds. The van der Waals surface area contributed by atoms with Crippen LogP contribution in [0.2, 0.25) is 0 Å². The quantitative estimate of drug-likeness (QED) is 0.846. The SMILES string of the molecule is CC(C)(C)OC(=O)N1CCC([C@H](O)C2CCCCC2)C1. The number of nitrogens with zero attached hydrogens (tertiary/aromatic N) is 1. The molecule has 116 valence electrons. The average Bonchev–Trinajstić information content (AvgIpc) is 2.86. The highest BCUT2D eigenvalue weighted by atomic mass is 16.6. The third-order valence-electron chi connectivity index (χ3n) is 4.49. The van der Waals surface area contributed by atoms with Gasteiger partial charge in [0.1, 0.15) is 5.60 Å². The number of hydrogen-bond donors (Lipinski definition) is 1. The van der Waals surface area contributed by atoms with Crippen LogP contribution in [0.25, 0.3) is 0 Å². The van der Waals surface area contributed by atoms with E-state index in [0.717, 1.165) is 19.3 Å². The lowest BCUT2D eigenvalue weighted by atomic mass is 9.80. The zero-order valence-corrected chi connectivity index (χ0v) is 13.1. The number of ether oxygens (including phenoxy) is 1. The second-order valence-corrected chi connectivity index (χ2v) is 7.36. The number of aliphatic hydroxyl groups excluding tert-OH is 1. The smallest absolute Gasteiger partial charge is 0.410 e. The number of likely N-dealkylation sites (tertiary alicyclic amines) is 1. The van der Waals surface area contributed by atoms with Gasteiger partial charge >= 0.3 is 6.09 Å². The van der Waals surface area contributed by atoms with Gasteiger partial charge in [-0.05, 0) is 46.0 Å². The van der Waals surface area contributed by atoms with Gasteiger partial charge in [0, 0.05) is 19.0 Å². The molecule has 2 fully saturated rings. The molecule has 0 aromatic carbocycles. The van der Waals surface area contributed by atoms with Crippen molar-refractivity contribution in [2.45, 2.75) is 71.0 Å². The van der Waals surface area contributed by atoms with E-state index in [1.807, 2.05) is 20.8 Å². The second kappa shape index (κ2) is 6.33. The van der Waals surface area contributed by atoms with Gasteiger partial charge in [0.05, 0.1) is 6.10 Å². The zero-order chi connectivity index (χ0) is 14.8. The Morgan fingerprint density at radius 1 is 1.15 bits per heavy atom. The summed E-state index contributed by atoms with van der Waals surface area (Å²) in [5, 5.41) is 10.5. The van der Waals surface area contributed by atoms with Crippen LogP contribution < -0.4 is 0 Å². The van der Waals surface area contributed by atoms with E-state index >= 15 is 0 Å². The van der Waals surface area contributed by atoms with Gasteiger partial charge in [-0.15, -0.1) is 0 Å². The zero-order valence-electron chi connectivity index (χ0n) is 13.1. The normalized spacial score (nSPS) is 26.6. The highest BCUT2D eigenvalue weighted by Crippen LogP contribution is 2.33. The summed E-state index contributed by atoms with van der Waals surface area (Å²) in [7, 11) is 0. The van der Waals surface area contributed by atoms with Crippen LogP contribution in [-0.4, -0.2) is 40.9 Å². The molecule has 1 unspecified atom stereocenters. The molecule has 20 heavy (non-hydrogen) atoms. The largest absolute Gasteiger partial charge is 0.444 e. The van der Waals surface area contributed by atoms with Gasteiger partial charge < -0.3 is 14.7 Å². The number of rotatable bonds is 2. The van der Waals surface area contributed by atoms with Gasteiger partial charge in [0.25, 0.3) is 0 Å². The maximum Gasteiger partial charge on any atom is 0.410 e. The Labute approximate surface area is 122 Å². The van der Waals surface area contributed by atoms with Crippen LogP contribution in [0.4, 0.5) is 4.79 Å². The number of amides is 1. The number of carbonyl (C=O) groups excluding carboxylic acids is 1. The third kappa shape index (κ3) is 4.11. The molecular weight excluding hydrogens is 254 g/mol. The van der Waals surface area contributed by atoms with E-state index in [2.05, 4.69) is 0 Å². The van der Waals surface area contributed by atoms with E-state index in [1.54, 1.807) is 4.90 Å². The van der Waals surface area contributed by atoms with E-state index in [4.69, 9.17) is 4.74 Å². The molecule has 1 heterocycles. The van der Waals surface area contributed by atoms with E-state index in [9.17, 15) is 9.90 Å². The van der Waals surface area contributed by atoms with Crippen molar-refractivity contribution in [3.8, 4) is 0 Å². The van der Waals surface area contributed by atoms with Gasteiger partial charge in [-0.2, -0.15) is 0 Å². The molecule has 4 nitrogen and oxygen atoms in total. The van der Waals surface area contributed by atoms with Crippen molar-refractivity contribution in [3.63, 3.8) is 0 Å². The number of aliphatic hydroxyl groups is 1. The Hall–Kier alpha value is -0.770. The van der Waals surface area contributed by atoms with Crippen molar-refractivity contribution < 1.29 is 14.6 Å². The molecule has 2 rings (SSSR count). The summed E-state index contributed by atoms with van der Waals surface area (Å²) in [6.07, 6.45) is 6.48. The molecule has 0 aromatic heterocycles. The van der Waals surface area contributed by atoms with E-state index < -0.39 is 5.60 Å². The first-order valence-corrected chi connectivity index (χ1v) is 8.03. The van der Waals surface area contributed by atoms with Gasteiger partial charge in [0.2, 0.25) is 0 Å². The van der Waals surface area contributed by atoms with Crippen molar-refractivity contribution in [1.29, 1.82) is 0 Å². The standard InChI is InChI=1S/C16H29NO3/c1-16(2,3)20-15(19)17-10-9-13(11-17)14(18)12-7-5-4-6-8-12/h12-14,18H,4-11H2,1-3H3/t13?,14-/m1/s1. The first-order chi connectivity index (χ1) is 9.37. The molecule has 0 bridgehead atoms. The highest BCUT2D eigenvalue weighted by molar-refractivity contribution is 5.68. The van der Waals surface area contributed by atoms with Crippen LogP contribution in [0.3, 0.4) is 0 Å². The molecule has 0 aromatic rings. The molecule has 1 aliphatic carbocycles. The molecule has 1 saturated heterocycles. The molecule has 2 aliphatic rings. The van der Waals surface area contributed by atoms with Crippen molar-refractivity contribution >= 4 is 6.09 Å². The Bertz CT molecular complexity index is 331. The fourth-order valence-corrected chi connectivity index (χ4v) is 3.42. The Morgan fingerprint density at radius 2 is 1.80 bits per heavy atom. The van der Waals surface area contributed by atoms with Crippen LogP contribution >= 0.6 is 0 Å². The molecule has 2 atom stereocenters. The number of carbonyl (C=O) groups is 1. The van der Waals surface area contributed by atoms with Gasteiger partial charge in [-0.25, -0.2) is 4.79 Å². The van der Waals surface area contributed by atoms with Gasteiger partial charge in [-0.1, -0.05) is 19.3 Å². The molecule has 1 saturated carbocycles. The average molecular weight is 283 g/mol. The van der Waals surface area contributed by atoms with Crippen LogP contribution in [0.15, 0.2) is 0 Å². The summed E-state index contributed by atoms with van der Waals surface area (Å²) in [4.78, 5) is 13.8. The Balaban J connectivity index is 1.83. The maximum atomic E-state index is 12.0. The Morgan fingerprint density at radius 3 is 2.40 bits per heavy atom. The first kappa shape index (κ1) is 15.6. The summed E-state index contributed by atoms with van der Waals surface area (Å²) in [5.41, 5.74) is -0.447. The van der Waals surface area contributed by atoms with Crippen LogP contribution in [0, 0.1) is 11.8 Å². The molecular formula is C16H29NO3. The van der Waals surface area contributed by atoms with Crippen molar-refractivity contribution in [2.75, 3.05) is 13.1 Å².